The van der Waals surface area contributed by atoms with E-state index in [2.05, 4.69) is 0 Å². The Bertz CT molecular complexity index is 311. The number of sulfonamides is 1. The molecule has 0 amide bonds. The third-order valence-electron chi connectivity index (χ3n) is 1.96. The first kappa shape index (κ1) is 13.4. The van der Waals surface area contributed by atoms with Crippen molar-refractivity contribution in [2.75, 3.05) is 13.1 Å². The molecule has 0 saturated heterocycles. The van der Waals surface area contributed by atoms with Crippen molar-refractivity contribution < 1.29 is 8.42 Å². The molecule has 0 aliphatic heterocycles. The van der Waals surface area contributed by atoms with Crippen molar-refractivity contribution in [3.05, 3.63) is 23.1 Å². The van der Waals surface area contributed by atoms with Gasteiger partial charge in [-0.3, -0.25) is 0 Å². The lowest BCUT2D eigenvalue weighted by Crippen LogP contribution is -2.31. The van der Waals surface area contributed by atoms with Gasteiger partial charge in [-0.25, -0.2) is 8.42 Å². The summed E-state index contributed by atoms with van der Waals surface area (Å²) in [5, 5.41) is 0. The fourth-order valence-corrected chi connectivity index (χ4v) is 2.79. The molecule has 0 aliphatic rings. The maximum absolute atomic E-state index is 11.9. The Labute approximate surface area is 87.2 Å². The van der Waals surface area contributed by atoms with Gasteiger partial charge in [-0.1, -0.05) is 26.0 Å². The lowest BCUT2D eigenvalue weighted by Gasteiger charge is -2.18. The van der Waals surface area contributed by atoms with Gasteiger partial charge >= 0.3 is 0 Å². The van der Waals surface area contributed by atoms with E-state index < -0.39 is 10.0 Å². The Balaban J connectivity index is 5.12. The highest BCUT2D eigenvalue weighted by Crippen LogP contribution is 2.13. The Morgan fingerprint density at radius 3 is 2.00 bits per heavy atom. The number of allylic oxidation sites excluding steroid dienone is 3. The fraction of sp³-hybridized carbons (Fsp3) is 0.600. The molecule has 0 bridgehead atoms. The minimum Gasteiger partial charge on any atom is -0.207 e. The van der Waals surface area contributed by atoms with Gasteiger partial charge in [0.05, 0.1) is 4.91 Å². The lowest BCUT2D eigenvalue weighted by atomic mass is 10.4. The average molecular weight is 217 g/mol. The van der Waals surface area contributed by atoms with E-state index in [9.17, 15) is 8.42 Å². The van der Waals surface area contributed by atoms with Crippen molar-refractivity contribution >= 4 is 10.0 Å². The molecular weight excluding hydrogens is 198 g/mol. The van der Waals surface area contributed by atoms with Crippen LogP contribution in [-0.2, 0) is 10.0 Å². The Hall–Kier alpha value is -0.610. The van der Waals surface area contributed by atoms with E-state index in [-0.39, 0.29) is 0 Å². The molecule has 0 atom stereocenters. The van der Waals surface area contributed by atoms with Crippen molar-refractivity contribution in [2.45, 2.75) is 27.7 Å². The summed E-state index contributed by atoms with van der Waals surface area (Å²) in [5.41, 5.74) is 0. The number of nitrogens with zero attached hydrogens (tertiary/aromatic N) is 1. The molecule has 0 radical (unpaired) electrons. The van der Waals surface area contributed by atoms with Gasteiger partial charge in [0.25, 0.3) is 0 Å². The minimum absolute atomic E-state index is 0.365. The van der Waals surface area contributed by atoms with Crippen molar-refractivity contribution in [1.29, 1.82) is 0 Å². The first-order chi connectivity index (χ1) is 6.54. The van der Waals surface area contributed by atoms with E-state index in [4.69, 9.17) is 0 Å². The highest BCUT2D eigenvalue weighted by molar-refractivity contribution is 7.93. The highest BCUT2D eigenvalue weighted by atomic mass is 32.2. The molecule has 3 nitrogen and oxygen atoms in total. The summed E-state index contributed by atoms with van der Waals surface area (Å²) in [6.45, 7) is 8.23. The number of rotatable bonds is 5. The minimum atomic E-state index is -3.27. The van der Waals surface area contributed by atoms with Gasteiger partial charge in [0.1, 0.15) is 0 Å². The van der Waals surface area contributed by atoms with Crippen LogP contribution in [-0.4, -0.2) is 25.8 Å². The first-order valence-electron chi connectivity index (χ1n) is 4.83. The molecule has 0 aromatic rings. The number of hydrogen-bond acceptors (Lipinski definition) is 2. The van der Waals surface area contributed by atoms with E-state index in [1.807, 2.05) is 13.8 Å². The van der Waals surface area contributed by atoms with E-state index >= 15 is 0 Å². The summed E-state index contributed by atoms with van der Waals surface area (Å²) in [6, 6.07) is 0. The molecule has 0 unspecified atom stereocenters. The predicted octanol–water partition coefficient (Wildman–Crippen LogP) is 2.14. The normalized spacial score (nSPS) is 14.2. The molecule has 0 heterocycles. The second-order valence-electron chi connectivity index (χ2n) is 2.78. The summed E-state index contributed by atoms with van der Waals surface area (Å²) < 4.78 is 25.3. The molecule has 14 heavy (non-hydrogen) atoms. The quantitative estimate of drug-likeness (QED) is 0.662. The van der Waals surface area contributed by atoms with Crippen LogP contribution < -0.4 is 0 Å². The molecule has 0 N–H and O–H groups in total. The summed E-state index contributed by atoms with van der Waals surface area (Å²) in [7, 11) is -3.27. The van der Waals surface area contributed by atoms with Gasteiger partial charge in [-0.15, -0.1) is 0 Å². The Morgan fingerprint density at radius 1 is 1.21 bits per heavy atom. The standard InChI is InChI=1S/C10H19NO2S/c1-5-9-10(6-2)14(12,13)11(7-3)8-4/h5-6,9H,7-8H2,1-4H3. The molecule has 0 fully saturated rings. The molecule has 0 saturated carbocycles. The van der Waals surface area contributed by atoms with Crippen LogP contribution in [0.3, 0.4) is 0 Å². The van der Waals surface area contributed by atoms with Crippen molar-refractivity contribution in [3.8, 4) is 0 Å². The third-order valence-corrected chi connectivity index (χ3v) is 4.12. The summed E-state index contributed by atoms with van der Waals surface area (Å²) in [5.74, 6) is 0. The summed E-state index contributed by atoms with van der Waals surface area (Å²) in [6.07, 6.45) is 4.97. The molecule has 82 valence electrons. The molecule has 0 spiro atoms. The predicted molar refractivity (Wildman–Crippen MR) is 60.4 cm³/mol. The van der Waals surface area contributed by atoms with E-state index in [1.54, 1.807) is 32.1 Å². The van der Waals surface area contributed by atoms with Crippen LogP contribution in [0.15, 0.2) is 23.1 Å². The first-order valence-corrected chi connectivity index (χ1v) is 6.27. The topological polar surface area (TPSA) is 37.4 Å². The highest BCUT2D eigenvalue weighted by Gasteiger charge is 2.21. The molecule has 0 aliphatic carbocycles. The van der Waals surface area contributed by atoms with Crippen LogP contribution in [0.5, 0.6) is 0 Å². The lowest BCUT2D eigenvalue weighted by molar-refractivity contribution is 0.451. The Morgan fingerprint density at radius 2 is 1.71 bits per heavy atom. The van der Waals surface area contributed by atoms with E-state index in [0.717, 1.165) is 0 Å². The van der Waals surface area contributed by atoms with E-state index in [0.29, 0.717) is 18.0 Å². The van der Waals surface area contributed by atoms with Crippen molar-refractivity contribution in [2.24, 2.45) is 0 Å². The molecular formula is C10H19NO2S. The summed E-state index contributed by atoms with van der Waals surface area (Å²) >= 11 is 0. The van der Waals surface area contributed by atoms with Gasteiger partial charge in [0, 0.05) is 13.1 Å². The van der Waals surface area contributed by atoms with Crippen LogP contribution in [0.2, 0.25) is 0 Å². The van der Waals surface area contributed by atoms with Crippen LogP contribution in [0.1, 0.15) is 27.7 Å². The zero-order chi connectivity index (χ0) is 11.2. The van der Waals surface area contributed by atoms with Gasteiger partial charge in [0.2, 0.25) is 10.0 Å². The maximum Gasteiger partial charge on any atom is 0.242 e. The smallest absolute Gasteiger partial charge is 0.207 e. The van der Waals surface area contributed by atoms with Gasteiger partial charge in [-0.2, -0.15) is 4.31 Å². The van der Waals surface area contributed by atoms with Crippen LogP contribution >= 0.6 is 0 Å². The largest absolute Gasteiger partial charge is 0.242 e. The van der Waals surface area contributed by atoms with Crippen molar-refractivity contribution in [1.82, 2.24) is 4.31 Å². The molecule has 0 aromatic carbocycles. The second-order valence-corrected chi connectivity index (χ2v) is 4.72. The second kappa shape index (κ2) is 5.98. The zero-order valence-electron chi connectivity index (χ0n) is 9.32. The Kier molecular flexibility index (Phi) is 5.72. The third kappa shape index (κ3) is 2.96. The molecule has 4 heteroatoms. The fourth-order valence-electron chi connectivity index (χ4n) is 1.21. The monoisotopic (exact) mass is 217 g/mol. The zero-order valence-corrected chi connectivity index (χ0v) is 10.1. The summed E-state index contributed by atoms with van der Waals surface area (Å²) in [4.78, 5) is 0.365. The van der Waals surface area contributed by atoms with Gasteiger partial charge in [-0.05, 0) is 19.9 Å². The van der Waals surface area contributed by atoms with Crippen molar-refractivity contribution in [3.63, 3.8) is 0 Å². The number of hydrogen-bond donors (Lipinski definition) is 0. The van der Waals surface area contributed by atoms with Gasteiger partial charge < -0.3 is 0 Å². The van der Waals surface area contributed by atoms with Crippen LogP contribution in [0, 0.1) is 0 Å². The molecule has 0 rings (SSSR count). The maximum atomic E-state index is 11.9. The van der Waals surface area contributed by atoms with E-state index in [1.165, 1.54) is 4.31 Å². The van der Waals surface area contributed by atoms with Crippen LogP contribution in [0.25, 0.3) is 0 Å². The molecule has 0 aromatic heterocycles. The van der Waals surface area contributed by atoms with Crippen LogP contribution in [0.4, 0.5) is 0 Å². The SMILES string of the molecule is CC=CC(=CC)S(=O)(=O)N(CC)CC. The van der Waals surface area contributed by atoms with Gasteiger partial charge in [0.15, 0.2) is 0 Å². The average Bonchev–Trinajstić information content (AvgIpc) is 2.15.